The Kier molecular flexibility index (Phi) is 4.82. The Morgan fingerprint density at radius 2 is 2.11 bits per heavy atom. The first kappa shape index (κ1) is 17.2. The van der Waals surface area contributed by atoms with Crippen LogP contribution in [0.15, 0.2) is 42.9 Å². The molecule has 0 aliphatic heterocycles. The third-order valence-corrected chi connectivity index (χ3v) is 4.88. The van der Waals surface area contributed by atoms with Crippen LogP contribution in [0.3, 0.4) is 0 Å². The fraction of sp³-hybridized carbons (Fsp3) is 0.300. The van der Waals surface area contributed by atoms with Gasteiger partial charge in [0.05, 0.1) is 12.2 Å². The van der Waals surface area contributed by atoms with Crippen molar-refractivity contribution in [2.45, 2.75) is 31.7 Å². The molecule has 7 heteroatoms. The van der Waals surface area contributed by atoms with E-state index < -0.39 is 0 Å². The van der Waals surface area contributed by atoms with Gasteiger partial charge in [0.2, 0.25) is 5.91 Å². The second-order valence-electron chi connectivity index (χ2n) is 6.67. The van der Waals surface area contributed by atoms with Crippen LogP contribution >= 0.6 is 0 Å². The van der Waals surface area contributed by atoms with Gasteiger partial charge in [-0.15, -0.1) is 0 Å². The molecule has 1 aliphatic carbocycles. The van der Waals surface area contributed by atoms with Gasteiger partial charge in [-0.25, -0.2) is 4.98 Å². The summed E-state index contributed by atoms with van der Waals surface area (Å²) < 4.78 is 0. The van der Waals surface area contributed by atoms with Crippen LogP contribution in [0.4, 0.5) is 0 Å². The minimum Gasteiger partial charge on any atom is -0.356 e. The summed E-state index contributed by atoms with van der Waals surface area (Å²) >= 11 is 0. The minimum absolute atomic E-state index is 0.00987. The maximum Gasteiger partial charge on any atom is 0.271 e. The number of nitrogens with one attached hydrogen (secondary N) is 3. The second-order valence-corrected chi connectivity index (χ2v) is 6.67. The molecule has 0 fully saturated rings. The van der Waals surface area contributed by atoms with Crippen molar-refractivity contribution >= 4 is 22.7 Å². The van der Waals surface area contributed by atoms with Crippen LogP contribution in [0.25, 0.3) is 10.9 Å². The number of aromatic amines is 1. The van der Waals surface area contributed by atoms with Crippen molar-refractivity contribution in [2.75, 3.05) is 6.54 Å². The number of hydrogen-bond donors (Lipinski definition) is 3. The monoisotopic (exact) mass is 363 g/mol. The smallest absolute Gasteiger partial charge is 0.271 e. The number of hydrogen-bond acceptors (Lipinski definition) is 4. The third-order valence-electron chi connectivity index (χ3n) is 4.88. The highest BCUT2D eigenvalue weighted by atomic mass is 16.2. The first-order valence-electron chi connectivity index (χ1n) is 9.15. The summed E-state index contributed by atoms with van der Waals surface area (Å²) in [5, 5.41) is 7.04. The number of rotatable bonds is 5. The van der Waals surface area contributed by atoms with E-state index in [4.69, 9.17) is 0 Å². The Bertz CT molecular complexity index is 967. The molecule has 4 rings (SSSR count). The maximum atomic E-state index is 12.3. The Balaban J connectivity index is 1.35. The second kappa shape index (κ2) is 7.57. The molecule has 0 unspecified atom stereocenters. The SMILES string of the molecule is O=C(CCNC(=O)c1cnccn1)N[C@@H]1CCCc2c1[nH]c1ccccc21. The number of fused-ring (bicyclic) bond motifs is 3. The summed E-state index contributed by atoms with van der Waals surface area (Å²) in [7, 11) is 0. The molecule has 2 heterocycles. The van der Waals surface area contributed by atoms with Gasteiger partial charge in [0.1, 0.15) is 5.69 Å². The number of para-hydroxylation sites is 1. The minimum atomic E-state index is -0.327. The number of H-pyrrole nitrogens is 1. The van der Waals surface area contributed by atoms with E-state index >= 15 is 0 Å². The zero-order valence-corrected chi connectivity index (χ0v) is 14.9. The lowest BCUT2D eigenvalue weighted by Crippen LogP contribution is -2.34. The van der Waals surface area contributed by atoms with Crippen molar-refractivity contribution in [2.24, 2.45) is 0 Å². The number of aryl methyl sites for hydroxylation is 1. The van der Waals surface area contributed by atoms with E-state index in [1.54, 1.807) is 0 Å². The van der Waals surface area contributed by atoms with Crippen molar-refractivity contribution in [3.05, 3.63) is 59.8 Å². The van der Waals surface area contributed by atoms with Crippen LogP contribution < -0.4 is 10.6 Å². The predicted octanol–water partition coefficient (Wildman–Crippen LogP) is 2.27. The van der Waals surface area contributed by atoms with Crippen molar-refractivity contribution in [3.63, 3.8) is 0 Å². The average Bonchev–Trinajstić information content (AvgIpc) is 3.08. The van der Waals surface area contributed by atoms with Gasteiger partial charge in [0.15, 0.2) is 0 Å². The van der Waals surface area contributed by atoms with E-state index in [9.17, 15) is 9.59 Å². The number of amides is 2. The number of nitrogens with zero attached hydrogens (tertiary/aromatic N) is 2. The summed E-state index contributed by atoms with van der Waals surface area (Å²) in [4.78, 5) is 35.5. The molecule has 2 aromatic heterocycles. The number of carbonyl (C=O) groups excluding carboxylic acids is 2. The molecule has 0 radical (unpaired) electrons. The van der Waals surface area contributed by atoms with Crippen LogP contribution in [-0.4, -0.2) is 33.3 Å². The van der Waals surface area contributed by atoms with Gasteiger partial charge in [-0.05, 0) is 30.9 Å². The highest BCUT2D eigenvalue weighted by Gasteiger charge is 2.25. The summed E-state index contributed by atoms with van der Waals surface area (Å²) in [6.45, 7) is 0.257. The van der Waals surface area contributed by atoms with Gasteiger partial charge in [0.25, 0.3) is 5.91 Å². The Morgan fingerprint density at radius 1 is 1.22 bits per heavy atom. The molecule has 7 nitrogen and oxygen atoms in total. The standard InChI is InChI=1S/C20H21N5O2/c26-18(8-9-23-20(27)17-12-21-10-11-22-17)24-16-7-3-5-14-13-4-1-2-6-15(13)25-19(14)16/h1-2,4,6,10-12,16,25H,3,5,7-9H2,(H,23,27)(H,24,26)/t16-/m1/s1. The molecule has 1 aromatic carbocycles. The summed E-state index contributed by atoms with van der Waals surface area (Å²) in [6.07, 6.45) is 7.57. The summed E-state index contributed by atoms with van der Waals surface area (Å²) in [5.41, 5.74) is 3.77. The molecule has 1 aliphatic rings. The molecule has 27 heavy (non-hydrogen) atoms. The predicted molar refractivity (Wildman–Crippen MR) is 101 cm³/mol. The van der Waals surface area contributed by atoms with Gasteiger partial charge < -0.3 is 15.6 Å². The van der Waals surface area contributed by atoms with E-state index in [1.165, 1.54) is 29.5 Å². The molecule has 2 amide bonds. The Labute approximate surface area is 156 Å². The lowest BCUT2D eigenvalue weighted by molar-refractivity contribution is -0.121. The van der Waals surface area contributed by atoms with Crippen LogP contribution in [0.1, 0.15) is 47.1 Å². The summed E-state index contributed by atoms with van der Waals surface area (Å²) in [6, 6.07) is 8.23. The zero-order chi connectivity index (χ0) is 18.6. The van der Waals surface area contributed by atoms with E-state index in [-0.39, 0.29) is 36.5 Å². The summed E-state index contributed by atoms with van der Waals surface area (Å²) in [5.74, 6) is -0.405. The number of benzene rings is 1. The van der Waals surface area contributed by atoms with Crippen molar-refractivity contribution in [3.8, 4) is 0 Å². The van der Waals surface area contributed by atoms with Gasteiger partial charge in [-0.1, -0.05) is 18.2 Å². The molecule has 0 bridgehead atoms. The van der Waals surface area contributed by atoms with Crippen LogP contribution in [0.2, 0.25) is 0 Å². The molecule has 3 aromatic rings. The van der Waals surface area contributed by atoms with E-state index in [0.29, 0.717) is 0 Å². The number of aromatic nitrogens is 3. The Morgan fingerprint density at radius 3 is 2.96 bits per heavy atom. The first-order chi connectivity index (χ1) is 13.2. The lowest BCUT2D eigenvalue weighted by atomic mass is 9.91. The first-order valence-corrected chi connectivity index (χ1v) is 9.15. The van der Waals surface area contributed by atoms with Crippen molar-refractivity contribution in [1.82, 2.24) is 25.6 Å². The van der Waals surface area contributed by atoms with E-state index in [1.807, 2.05) is 12.1 Å². The van der Waals surface area contributed by atoms with Gasteiger partial charge in [-0.3, -0.25) is 14.6 Å². The van der Waals surface area contributed by atoms with E-state index in [0.717, 1.165) is 30.5 Å². The average molecular weight is 363 g/mol. The third kappa shape index (κ3) is 3.67. The molecule has 3 N–H and O–H groups in total. The fourth-order valence-electron chi connectivity index (χ4n) is 3.62. The molecule has 138 valence electrons. The zero-order valence-electron chi connectivity index (χ0n) is 14.9. The van der Waals surface area contributed by atoms with Crippen LogP contribution in [-0.2, 0) is 11.2 Å². The topological polar surface area (TPSA) is 99.8 Å². The van der Waals surface area contributed by atoms with Crippen molar-refractivity contribution < 1.29 is 9.59 Å². The Hall–Kier alpha value is -3.22. The van der Waals surface area contributed by atoms with Gasteiger partial charge >= 0.3 is 0 Å². The lowest BCUT2D eigenvalue weighted by Gasteiger charge is -2.24. The molecule has 0 saturated heterocycles. The highest BCUT2D eigenvalue weighted by molar-refractivity contribution is 5.92. The van der Waals surface area contributed by atoms with Crippen LogP contribution in [0, 0.1) is 0 Å². The maximum absolute atomic E-state index is 12.3. The number of carbonyl (C=O) groups is 2. The van der Waals surface area contributed by atoms with Gasteiger partial charge in [0, 0.05) is 42.0 Å². The molecule has 0 saturated carbocycles. The normalized spacial score (nSPS) is 15.9. The van der Waals surface area contributed by atoms with Gasteiger partial charge in [-0.2, -0.15) is 0 Å². The fourth-order valence-corrected chi connectivity index (χ4v) is 3.62. The van der Waals surface area contributed by atoms with E-state index in [2.05, 4.69) is 37.7 Å². The van der Waals surface area contributed by atoms with Crippen molar-refractivity contribution in [1.29, 1.82) is 0 Å². The van der Waals surface area contributed by atoms with Crippen LogP contribution in [0.5, 0.6) is 0 Å². The molecule has 0 spiro atoms. The highest BCUT2D eigenvalue weighted by Crippen LogP contribution is 2.34. The largest absolute Gasteiger partial charge is 0.356 e. The molecular weight excluding hydrogens is 342 g/mol. The molecule has 1 atom stereocenters. The quantitative estimate of drug-likeness (QED) is 0.647. The molecular formula is C20H21N5O2.